The maximum absolute atomic E-state index is 5.69. The van der Waals surface area contributed by atoms with Crippen LogP contribution in [-0.2, 0) is 18.2 Å². The Kier molecular flexibility index (Phi) is 5.11. The van der Waals surface area contributed by atoms with Crippen LogP contribution in [0.25, 0.3) is 0 Å². The van der Waals surface area contributed by atoms with Crippen molar-refractivity contribution in [3.63, 3.8) is 0 Å². The number of ether oxygens (including phenoxy) is 1. The van der Waals surface area contributed by atoms with Crippen LogP contribution in [0.2, 0.25) is 0 Å². The molecule has 0 amide bonds. The molecule has 98 valence electrons. The van der Waals surface area contributed by atoms with E-state index in [-0.39, 0.29) is 11.6 Å². The molecule has 1 aromatic rings. The molecule has 0 fully saturated rings. The second kappa shape index (κ2) is 6.14. The standard InChI is InChI=1S/C12H24N4O/c1-5-12(6-2,17-4)11(14-13)9-10-7-8-16(3)15-10/h7-8,11,14H,5-6,9,13H2,1-4H3. The highest BCUT2D eigenvalue weighted by atomic mass is 16.5. The maximum Gasteiger partial charge on any atom is 0.0843 e. The zero-order valence-corrected chi connectivity index (χ0v) is 11.2. The summed E-state index contributed by atoms with van der Waals surface area (Å²) in [6, 6.07) is 2.08. The van der Waals surface area contributed by atoms with Gasteiger partial charge < -0.3 is 4.74 Å². The number of methoxy groups -OCH3 is 1. The molecule has 0 saturated heterocycles. The van der Waals surface area contributed by atoms with Gasteiger partial charge in [-0.25, -0.2) is 0 Å². The van der Waals surface area contributed by atoms with Crippen molar-refractivity contribution in [2.45, 2.75) is 44.8 Å². The number of hydrogen-bond acceptors (Lipinski definition) is 4. The summed E-state index contributed by atoms with van der Waals surface area (Å²) < 4.78 is 7.49. The lowest BCUT2D eigenvalue weighted by molar-refractivity contribution is -0.0475. The van der Waals surface area contributed by atoms with Crippen LogP contribution in [0.3, 0.4) is 0 Å². The minimum absolute atomic E-state index is 0.0670. The summed E-state index contributed by atoms with van der Waals surface area (Å²) in [4.78, 5) is 0. The van der Waals surface area contributed by atoms with E-state index in [4.69, 9.17) is 10.6 Å². The Morgan fingerprint density at radius 1 is 1.53 bits per heavy atom. The molecule has 0 aliphatic carbocycles. The fraction of sp³-hybridized carbons (Fsp3) is 0.750. The first-order valence-electron chi connectivity index (χ1n) is 6.11. The molecule has 0 aromatic carbocycles. The number of hydrazine groups is 1. The fourth-order valence-electron chi connectivity index (χ4n) is 2.35. The van der Waals surface area contributed by atoms with Crippen molar-refractivity contribution in [3.05, 3.63) is 18.0 Å². The lowest BCUT2D eigenvalue weighted by Crippen LogP contribution is -2.55. The number of aryl methyl sites for hydroxylation is 1. The van der Waals surface area contributed by atoms with E-state index < -0.39 is 0 Å². The first-order chi connectivity index (χ1) is 8.11. The smallest absolute Gasteiger partial charge is 0.0843 e. The fourth-order valence-corrected chi connectivity index (χ4v) is 2.35. The highest BCUT2D eigenvalue weighted by Crippen LogP contribution is 2.25. The lowest BCUT2D eigenvalue weighted by atomic mass is 9.86. The molecule has 0 bridgehead atoms. The Morgan fingerprint density at radius 2 is 2.18 bits per heavy atom. The number of rotatable bonds is 7. The number of nitrogens with one attached hydrogen (secondary N) is 1. The monoisotopic (exact) mass is 240 g/mol. The van der Waals surface area contributed by atoms with E-state index in [9.17, 15) is 0 Å². The van der Waals surface area contributed by atoms with Crippen LogP contribution in [0.1, 0.15) is 32.4 Å². The van der Waals surface area contributed by atoms with Gasteiger partial charge in [-0.05, 0) is 18.9 Å². The summed E-state index contributed by atoms with van der Waals surface area (Å²) >= 11 is 0. The van der Waals surface area contributed by atoms with Crippen LogP contribution in [0.5, 0.6) is 0 Å². The van der Waals surface area contributed by atoms with Gasteiger partial charge in [-0.3, -0.25) is 16.0 Å². The molecule has 1 aromatic heterocycles. The van der Waals surface area contributed by atoms with E-state index in [0.717, 1.165) is 25.0 Å². The molecule has 5 nitrogen and oxygen atoms in total. The van der Waals surface area contributed by atoms with Gasteiger partial charge in [-0.15, -0.1) is 0 Å². The van der Waals surface area contributed by atoms with Gasteiger partial charge in [0.1, 0.15) is 0 Å². The van der Waals surface area contributed by atoms with Gasteiger partial charge in [-0.2, -0.15) is 5.10 Å². The summed E-state index contributed by atoms with van der Waals surface area (Å²) in [5.74, 6) is 5.68. The average Bonchev–Trinajstić information content (AvgIpc) is 2.76. The Hall–Kier alpha value is -0.910. The van der Waals surface area contributed by atoms with Gasteiger partial charge in [-0.1, -0.05) is 13.8 Å². The molecule has 1 unspecified atom stereocenters. The zero-order chi connectivity index (χ0) is 12.9. The highest BCUT2D eigenvalue weighted by molar-refractivity contribution is 5.05. The van der Waals surface area contributed by atoms with Gasteiger partial charge >= 0.3 is 0 Å². The SMILES string of the molecule is CCC(CC)(OC)C(Cc1ccn(C)n1)NN. The summed E-state index contributed by atoms with van der Waals surface area (Å²) in [6.07, 6.45) is 4.55. The van der Waals surface area contributed by atoms with Gasteiger partial charge in [0.25, 0.3) is 0 Å². The van der Waals surface area contributed by atoms with Crippen molar-refractivity contribution in [2.75, 3.05) is 7.11 Å². The minimum atomic E-state index is -0.230. The van der Waals surface area contributed by atoms with Crippen molar-refractivity contribution in [2.24, 2.45) is 12.9 Å². The van der Waals surface area contributed by atoms with Crippen molar-refractivity contribution < 1.29 is 4.74 Å². The van der Waals surface area contributed by atoms with Crippen LogP contribution in [0.15, 0.2) is 12.3 Å². The lowest BCUT2D eigenvalue weighted by Gasteiger charge is -2.37. The third-order valence-electron chi connectivity index (χ3n) is 3.62. The molecule has 0 saturated carbocycles. The summed E-state index contributed by atoms with van der Waals surface area (Å²) in [6.45, 7) is 4.24. The first-order valence-corrected chi connectivity index (χ1v) is 6.11. The van der Waals surface area contributed by atoms with Crippen LogP contribution < -0.4 is 11.3 Å². The zero-order valence-electron chi connectivity index (χ0n) is 11.2. The molecule has 0 radical (unpaired) electrons. The molecule has 5 heteroatoms. The van der Waals surface area contributed by atoms with Crippen LogP contribution >= 0.6 is 0 Å². The van der Waals surface area contributed by atoms with Crippen LogP contribution in [0, 0.1) is 0 Å². The summed E-state index contributed by atoms with van der Waals surface area (Å²) in [7, 11) is 3.66. The molecule has 1 heterocycles. The Labute approximate surface area is 103 Å². The molecular weight excluding hydrogens is 216 g/mol. The normalized spacial score (nSPS) is 13.9. The number of aromatic nitrogens is 2. The highest BCUT2D eigenvalue weighted by Gasteiger charge is 2.35. The molecule has 0 spiro atoms. The summed E-state index contributed by atoms with van der Waals surface area (Å²) in [5.41, 5.74) is 3.68. The number of nitrogens with two attached hydrogens (primary N) is 1. The van der Waals surface area contributed by atoms with Crippen molar-refractivity contribution >= 4 is 0 Å². The first kappa shape index (κ1) is 14.2. The van der Waals surface area contributed by atoms with E-state index in [1.54, 1.807) is 11.8 Å². The predicted molar refractivity (Wildman–Crippen MR) is 68.3 cm³/mol. The van der Waals surface area contributed by atoms with Crippen LogP contribution in [0.4, 0.5) is 0 Å². The second-order valence-electron chi connectivity index (χ2n) is 4.38. The number of hydrogen-bond donors (Lipinski definition) is 2. The third kappa shape index (κ3) is 3.06. The van der Waals surface area contributed by atoms with Gasteiger partial charge in [0, 0.05) is 26.8 Å². The Balaban J connectivity index is 2.82. The van der Waals surface area contributed by atoms with Crippen molar-refractivity contribution in [1.29, 1.82) is 0 Å². The molecule has 3 N–H and O–H groups in total. The maximum atomic E-state index is 5.69. The average molecular weight is 240 g/mol. The van der Waals surface area contributed by atoms with Crippen molar-refractivity contribution in [1.82, 2.24) is 15.2 Å². The molecule has 1 atom stereocenters. The molecule has 0 aliphatic heterocycles. The molecule has 0 aliphatic rings. The summed E-state index contributed by atoms with van der Waals surface area (Å²) in [5, 5.41) is 4.38. The van der Waals surface area contributed by atoms with E-state index in [1.165, 1.54) is 0 Å². The quantitative estimate of drug-likeness (QED) is 0.551. The molecular formula is C12H24N4O. The molecule has 1 rings (SSSR count). The molecule has 17 heavy (non-hydrogen) atoms. The minimum Gasteiger partial charge on any atom is -0.377 e. The number of nitrogens with zero attached hydrogens (tertiary/aromatic N) is 2. The van der Waals surface area contributed by atoms with E-state index in [0.29, 0.717) is 0 Å². The van der Waals surface area contributed by atoms with Gasteiger partial charge in [0.05, 0.1) is 17.3 Å². The Morgan fingerprint density at radius 3 is 2.53 bits per heavy atom. The second-order valence-corrected chi connectivity index (χ2v) is 4.38. The van der Waals surface area contributed by atoms with E-state index in [2.05, 4.69) is 24.4 Å². The predicted octanol–water partition coefficient (Wildman–Crippen LogP) is 1.000. The van der Waals surface area contributed by atoms with Gasteiger partial charge in [0.2, 0.25) is 0 Å². The van der Waals surface area contributed by atoms with Crippen LogP contribution in [-0.4, -0.2) is 28.5 Å². The van der Waals surface area contributed by atoms with E-state index >= 15 is 0 Å². The van der Waals surface area contributed by atoms with Gasteiger partial charge in [0.15, 0.2) is 0 Å². The third-order valence-corrected chi connectivity index (χ3v) is 3.62. The van der Waals surface area contributed by atoms with E-state index in [1.807, 2.05) is 19.3 Å². The van der Waals surface area contributed by atoms with Crippen molar-refractivity contribution in [3.8, 4) is 0 Å². The largest absolute Gasteiger partial charge is 0.377 e. The topological polar surface area (TPSA) is 65.1 Å². The Bertz CT molecular complexity index is 325.